The predicted molar refractivity (Wildman–Crippen MR) is 123 cm³/mol. The number of methoxy groups -OCH3 is 1. The van der Waals surface area contributed by atoms with Gasteiger partial charge in [-0.2, -0.15) is 0 Å². The Morgan fingerprint density at radius 1 is 1.03 bits per heavy atom. The van der Waals surface area contributed by atoms with E-state index in [1.807, 2.05) is 0 Å². The number of halogens is 1. The van der Waals surface area contributed by atoms with Gasteiger partial charge >= 0.3 is 0 Å². The summed E-state index contributed by atoms with van der Waals surface area (Å²) in [6, 6.07) is 13.7. The van der Waals surface area contributed by atoms with Crippen molar-refractivity contribution >= 4 is 35.0 Å². The van der Waals surface area contributed by atoms with Gasteiger partial charge in [0.05, 0.1) is 18.9 Å². The highest BCUT2D eigenvalue weighted by Crippen LogP contribution is 2.65. The molecule has 2 aromatic rings. The van der Waals surface area contributed by atoms with Crippen LogP contribution in [0.3, 0.4) is 0 Å². The van der Waals surface area contributed by atoms with Gasteiger partial charge in [0.1, 0.15) is 12.4 Å². The minimum absolute atomic E-state index is 0.128. The number of likely N-dealkylation sites (tertiary alicyclic amines) is 1. The summed E-state index contributed by atoms with van der Waals surface area (Å²) in [6.45, 7) is -0.128. The van der Waals surface area contributed by atoms with Gasteiger partial charge in [0.15, 0.2) is 0 Å². The van der Waals surface area contributed by atoms with Gasteiger partial charge in [0, 0.05) is 16.3 Å². The fourth-order valence-electron chi connectivity index (χ4n) is 6.10. The standard InChI is InChI=1S/C26H23ClN2O4/c1-33-17-4-2-3-14(11-17)24(30)28(16-7-5-15(27)6-8-16)13-29-25(31)22-18-9-10-19(21-12-20(18)21)23(22)26(29)32/h2-11,18-23H,12-13H2,1H3. The number of anilines is 1. The first-order chi connectivity index (χ1) is 16.0. The number of hydrogen-bond donors (Lipinski definition) is 0. The molecule has 2 aromatic carbocycles. The summed E-state index contributed by atoms with van der Waals surface area (Å²) in [6.07, 6.45) is 5.40. The van der Waals surface area contributed by atoms with Gasteiger partial charge in [-0.05, 0) is 72.6 Å². The van der Waals surface area contributed by atoms with E-state index in [4.69, 9.17) is 16.3 Å². The van der Waals surface area contributed by atoms with Crippen molar-refractivity contribution in [2.24, 2.45) is 35.5 Å². The molecule has 1 heterocycles. The third-order valence-electron chi connectivity index (χ3n) is 7.74. The second-order valence-electron chi connectivity index (χ2n) is 9.34. The highest BCUT2D eigenvalue weighted by Gasteiger charge is 2.67. The Labute approximate surface area is 196 Å². The van der Waals surface area contributed by atoms with E-state index in [1.54, 1.807) is 48.5 Å². The van der Waals surface area contributed by atoms with E-state index in [9.17, 15) is 14.4 Å². The van der Waals surface area contributed by atoms with E-state index in [-0.39, 0.29) is 48.1 Å². The van der Waals surface area contributed by atoms with Crippen LogP contribution in [-0.2, 0) is 9.59 Å². The zero-order valence-electron chi connectivity index (χ0n) is 18.1. The molecule has 1 saturated heterocycles. The molecule has 7 heteroatoms. The third-order valence-corrected chi connectivity index (χ3v) is 7.99. The zero-order valence-corrected chi connectivity index (χ0v) is 18.8. The number of benzene rings is 2. The third kappa shape index (κ3) is 3.11. The monoisotopic (exact) mass is 462 g/mol. The molecule has 0 radical (unpaired) electrons. The van der Waals surface area contributed by atoms with Gasteiger partial charge in [-0.25, -0.2) is 0 Å². The lowest BCUT2D eigenvalue weighted by molar-refractivity contribution is -0.140. The van der Waals surface area contributed by atoms with Crippen molar-refractivity contribution in [3.8, 4) is 5.75 Å². The molecule has 0 aromatic heterocycles. The van der Waals surface area contributed by atoms with Crippen LogP contribution in [0.15, 0.2) is 60.7 Å². The fourth-order valence-corrected chi connectivity index (χ4v) is 6.22. The first-order valence-corrected chi connectivity index (χ1v) is 11.6. The molecule has 6 unspecified atom stereocenters. The van der Waals surface area contributed by atoms with Crippen LogP contribution in [0.2, 0.25) is 5.02 Å². The maximum absolute atomic E-state index is 13.6. The molecule has 6 nitrogen and oxygen atoms in total. The van der Waals surface area contributed by atoms with Gasteiger partial charge in [0.25, 0.3) is 5.91 Å². The Morgan fingerprint density at radius 3 is 2.27 bits per heavy atom. The molecule has 0 N–H and O–H groups in total. The molecular weight excluding hydrogens is 440 g/mol. The average Bonchev–Trinajstić information content (AvgIpc) is 3.63. The van der Waals surface area contributed by atoms with E-state index >= 15 is 0 Å². The van der Waals surface area contributed by atoms with E-state index in [1.165, 1.54) is 16.9 Å². The van der Waals surface area contributed by atoms with Crippen molar-refractivity contribution in [2.45, 2.75) is 6.42 Å². The minimum Gasteiger partial charge on any atom is -0.497 e. The maximum atomic E-state index is 13.6. The average molecular weight is 463 g/mol. The van der Waals surface area contributed by atoms with Crippen molar-refractivity contribution in [3.63, 3.8) is 0 Å². The molecular formula is C26H23ClN2O4. The zero-order chi connectivity index (χ0) is 22.9. The largest absolute Gasteiger partial charge is 0.497 e. The number of carbonyl (C=O) groups excluding carboxylic acids is 3. The van der Waals surface area contributed by atoms with Crippen LogP contribution < -0.4 is 9.64 Å². The number of imide groups is 1. The summed E-state index contributed by atoms with van der Waals surface area (Å²) in [7, 11) is 1.54. The first kappa shape index (κ1) is 20.5. The highest BCUT2D eigenvalue weighted by atomic mass is 35.5. The van der Waals surface area contributed by atoms with Crippen LogP contribution >= 0.6 is 11.6 Å². The highest BCUT2D eigenvalue weighted by molar-refractivity contribution is 6.30. The van der Waals surface area contributed by atoms with E-state index in [2.05, 4.69) is 12.2 Å². The van der Waals surface area contributed by atoms with Crippen LogP contribution in [0, 0.1) is 35.5 Å². The molecule has 33 heavy (non-hydrogen) atoms. The van der Waals surface area contributed by atoms with Gasteiger partial charge in [-0.1, -0.05) is 29.8 Å². The minimum atomic E-state index is -0.323. The maximum Gasteiger partial charge on any atom is 0.259 e. The van der Waals surface area contributed by atoms with Crippen LogP contribution in [0.25, 0.3) is 0 Å². The quantitative estimate of drug-likeness (QED) is 0.497. The van der Waals surface area contributed by atoms with Crippen molar-refractivity contribution in [2.75, 3.05) is 18.7 Å². The van der Waals surface area contributed by atoms with E-state index < -0.39 is 0 Å². The summed E-state index contributed by atoms with van der Waals surface area (Å²) in [5.74, 6) is 0.667. The van der Waals surface area contributed by atoms with Crippen LogP contribution in [-0.4, -0.2) is 36.4 Å². The molecule has 4 aliphatic carbocycles. The number of ether oxygens (including phenoxy) is 1. The second-order valence-corrected chi connectivity index (χ2v) is 9.78. The van der Waals surface area contributed by atoms with Crippen LogP contribution in [0.5, 0.6) is 5.75 Å². The Kier molecular flexibility index (Phi) is 4.63. The second kappa shape index (κ2) is 7.45. The van der Waals surface area contributed by atoms with Crippen molar-refractivity contribution < 1.29 is 19.1 Å². The number of amides is 3. The van der Waals surface area contributed by atoms with Gasteiger partial charge in [-0.3, -0.25) is 24.2 Å². The number of nitrogens with zero attached hydrogens (tertiary/aromatic N) is 2. The number of allylic oxidation sites excluding steroid dienone is 2. The Hall–Kier alpha value is -3.12. The van der Waals surface area contributed by atoms with E-state index in [0.717, 1.165) is 6.42 Å². The predicted octanol–water partition coefficient (Wildman–Crippen LogP) is 4.01. The summed E-state index contributed by atoms with van der Waals surface area (Å²) >= 11 is 6.06. The Balaban J connectivity index is 1.34. The topological polar surface area (TPSA) is 66.9 Å². The lowest BCUT2D eigenvalue weighted by Gasteiger charge is -2.37. The molecule has 2 bridgehead atoms. The van der Waals surface area contributed by atoms with Crippen molar-refractivity contribution in [3.05, 3.63) is 71.3 Å². The summed E-state index contributed by atoms with van der Waals surface area (Å²) in [4.78, 5) is 43.3. The summed E-state index contributed by atoms with van der Waals surface area (Å²) < 4.78 is 5.27. The molecule has 3 amide bonds. The van der Waals surface area contributed by atoms with Gasteiger partial charge in [-0.15, -0.1) is 0 Å². The van der Waals surface area contributed by atoms with Crippen molar-refractivity contribution in [1.29, 1.82) is 0 Å². The lowest BCUT2D eigenvalue weighted by atomic mass is 9.63. The van der Waals surface area contributed by atoms with Crippen LogP contribution in [0.4, 0.5) is 5.69 Å². The lowest BCUT2D eigenvalue weighted by Crippen LogP contribution is -2.45. The number of carbonyl (C=O) groups is 3. The first-order valence-electron chi connectivity index (χ1n) is 11.2. The van der Waals surface area contributed by atoms with E-state index in [0.29, 0.717) is 33.9 Å². The van der Waals surface area contributed by atoms with Gasteiger partial charge < -0.3 is 4.74 Å². The summed E-state index contributed by atoms with van der Waals surface area (Å²) in [5.41, 5.74) is 0.968. The smallest absolute Gasteiger partial charge is 0.259 e. The van der Waals surface area contributed by atoms with Crippen molar-refractivity contribution in [1.82, 2.24) is 4.90 Å². The Bertz CT molecular complexity index is 1160. The molecule has 1 aliphatic heterocycles. The fraction of sp³-hybridized carbons (Fsp3) is 0.346. The molecule has 3 fully saturated rings. The molecule has 168 valence electrons. The Morgan fingerprint density at radius 2 is 1.67 bits per heavy atom. The van der Waals surface area contributed by atoms with Crippen LogP contribution in [0.1, 0.15) is 16.8 Å². The molecule has 2 saturated carbocycles. The molecule has 5 aliphatic rings. The summed E-state index contributed by atoms with van der Waals surface area (Å²) in [5, 5.41) is 0.536. The molecule has 6 atom stereocenters. The number of hydrogen-bond acceptors (Lipinski definition) is 4. The van der Waals surface area contributed by atoms with Gasteiger partial charge in [0.2, 0.25) is 11.8 Å². The molecule has 0 spiro atoms. The number of rotatable bonds is 5. The normalized spacial score (nSPS) is 30.8. The molecule has 7 rings (SSSR count). The SMILES string of the molecule is COc1cccc(C(=O)N(CN2C(=O)C3C4C=CC(C5CC45)C3C2=O)c2ccc(Cl)cc2)c1.